The van der Waals surface area contributed by atoms with Gasteiger partial charge >= 0.3 is 5.97 Å². The fourth-order valence-electron chi connectivity index (χ4n) is 1.37. The average molecular weight is 328 g/mol. The maximum atomic E-state index is 11.9. The molecule has 1 heterocycles. The molecule has 0 saturated carbocycles. The van der Waals surface area contributed by atoms with E-state index >= 15 is 0 Å². The van der Waals surface area contributed by atoms with Crippen LogP contribution in [-0.2, 0) is 0 Å². The van der Waals surface area contributed by atoms with E-state index < -0.39 is 16.8 Å². The lowest BCUT2D eigenvalue weighted by atomic mass is 10.3. The zero-order valence-electron chi connectivity index (χ0n) is 10.1. The summed E-state index contributed by atoms with van der Waals surface area (Å²) in [6.07, 6.45) is 0. The van der Waals surface area contributed by atoms with Gasteiger partial charge in [-0.05, 0) is 6.07 Å². The molecule has 10 heteroatoms. The average Bonchev–Trinajstić information content (AvgIpc) is 2.90. The van der Waals surface area contributed by atoms with Crippen LogP contribution >= 0.6 is 22.9 Å². The van der Waals surface area contributed by atoms with E-state index in [1.807, 2.05) is 0 Å². The molecule has 0 saturated heterocycles. The van der Waals surface area contributed by atoms with Crippen LogP contribution in [0.15, 0.2) is 23.6 Å². The molecule has 21 heavy (non-hydrogen) atoms. The number of carboxylic acid groups (broad SMARTS) is 1. The van der Waals surface area contributed by atoms with Gasteiger partial charge in [0.2, 0.25) is 0 Å². The molecule has 0 spiro atoms. The largest absolute Gasteiger partial charge is 0.476 e. The molecule has 2 rings (SSSR count). The number of hydrogen-bond donors (Lipinski definition) is 2. The second-order valence-electron chi connectivity index (χ2n) is 3.72. The molecule has 0 unspecified atom stereocenters. The molecule has 1 aromatic carbocycles. The minimum absolute atomic E-state index is 0.0444. The molecule has 0 aliphatic heterocycles. The van der Waals surface area contributed by atoms with Crippen molar-refractivity contribution in [3.05, 3.63) is 49.4 Å². The zero-order chi connectivity index (χ0) is 15.6. The summed E-state index contributed by atoms with van der Waals surface area (Å²) in [4.78, 5) is 36.3. The van der Waals surface area contributed by atoms with Crippen molar-refractivity contribution in [3.63, 3.8) is 0 Å². The van der Waals surface area contributed by atoms with Gasteiger partial charge in [-0.25, -0.2) is 9.78 Å². The Morgan fingerprint density at radius 1 is 1.43 bits per heavy atom. The van der Waals surface area contributed by atoms with Crippen molar-refractivity contribution in [1.29, 1.82) is 0 Å². The number of non-ortho nitro benzene ring substituents is 1. The number of benzene rings is 1. The van der Waals surface area contributed by atoms with Gasteiger partial charge in [-0.2, -0.15) is 0 Å². The Labute approximate surface area is 126 Å². The van der Waals surface area contributed by atoms with E-state index in [0.29, 0.717) is 0 Å². The Kier molecular flexibility index (Phi) is 4.15. The van der Waals surface area contributed by atoms with Gasteiger partial charge in [-0.3, -0.25) is 14.9 Å². The van der Waals surface area contributed by atoms with Crippen LogP contribution in [0.1, 0.15) is 20.3 Å². The minimum Gasteiger partial charge on any atom is -0.476 e. The first-order valence-electron chi connectivity index (χ1n) is 5.32. The van der Waals surface area contributed by atoms with Crippen molar-refractivity contribution >= 4 is 46.2 Å². The highest BCUT2D eigenvalue weighted by Crippen LogP contribution is 2.27. The Morgan fingerprint density at radius 2 is 2.14 bits per heavy atom. The fraction of sp³-hybridized carbons (Fsp3) is 0. The van der Waals surface area contributed by atoms with Crippen molar-refractivity contribution < 1.29 is 19.6 Å². The number of carbonyl (C=O) groups excluding carboxylic acids is 1. The van der Waals surface area contributed by atoms with E-state index in [1.54, 1.807) is 0 Å². The SMILES string of the molecule is O=C(O)c1csc(C(=O)Nc2cc([N+](=O)[O-])ccc2Cl)n1. The van der Waals surface area contributed by atoms with Gasteiger partial charge in [0, 0.05) is 17.5 Å². The standard InChI is InChI=1S/C11H6ClN3O5S/c12-6-2-1-5(15(19)20)3-7(6)13-9(16)10-14-8(4-21-10)11(17)18/h1-4H,(H,13,16)(H,17,18). The molecule has 0 aliphatic carbocycles. The first-order chi connectivity index (χ1) is 9.88. The number of nitro groups is 1. The lowest BCUT2D eigenvalue weighted by Gasteiger charge is -2.05. The van der Waals surface area contributed by atoms with Crippen molar-refractivity contribution in [2.75, 3.05) is 5.32 Å². The quantitative estimate of drug-likeness (QED) is 0.657. The molecule has 0 atom stereocenters. The van der Waals surface area contributed by atoms with Crippen LogP contribution in [0.3, 0.4) is 0 Å². The Hall–Kier alpha value is -2.52. The molecular weight excluding hydrogens is 322 g/mol. The van der Waals surface area contributed by atoms with E-state index in [1.165, 1.54) is 17.5 Å². The van der Waals surface area contributed by atoms with E-state index in [-0.39, 0.29) is 27.1 Å². The molecule has 8 nitrogen and oxygen atoms in total. The number of amides is 1. The summed E-state index contributed by atoms with van der Waals surface area (Å²) in [5, 5.41) is 23.0. The molecule has 2 aromatic rings. The summed E-state index contributed by atoms with van der Waals surface area (Å²) in [7, 11) is 0. The van der Waals surface area contributed by atoms with Crippen molar-refractivity contribution in [2.45, 2.75) is 0 Å². The predicted octanol–water partition coefficient (Wildman–Crippen LogP) is 2.66. The lowest BCUT2D eigenvalue weighted by Crippen LogP contribution is -2.12. The fourth-order valence-corrected chi connectivity index (χ4v) is 2.23. The number of thiazole rings is 1. The number of rotatable bonds is 4. The summed E-state index contributed by atoms with van der Waals surface area (Å²) >= 11 is 6.68. The second-order valence-corrected chi connectivity index (χ2v) is 4.98. The monoisotopic (exact) mass is 327 g/mol. The predicted molar refractivity (Wildman–Crippen MR) is 75.1 cm³/mol. The zero-order valence-corrected chi connectivity index (χ0v) is 11.6. The van der Waals surface area contributed by atoms with Crippen LogP contribution in [0.2, 0.25) is 5.02 Å². The minimum atomic E-state index is -1.25. The summed E-state index contributed by atoms with van der Waals surface area (Å²) in [6.45, 7) is 0. The molecule has 1 amide bonds. The van der Waals surface area contributed by atoms with Crippen LogP contribution in [0.4, 0.5) is 11.4 Å². The highest BCUT2D eigenvalue weighted by Gasteiger charge is 2.17. The first kappa shape index (κ1) is 14.9. The van der Waals surface area contributed by atoms with E-state index in [4.69, 9.17) is 16.7 Å². The molecule has 0 aliphatic rings. The lowest BCUT2D eigenvalue weighted by molar-refractivity contribution is -0.384. The third-order valence-corrected chi connectivity index (χ3v) is 3.50. The maximum Gasteiger partial charge on any atom is 0.355 e. The van der Waals surface area contributed by atoms with Gasteiger partial charge in [0.15, 0.2) is 10.7 Å². The van der Waals surface area contributed by atoms with Gasteiger partial charge in [0.25, 0.3) is 11.6 Å². The molecule has 1 aromatic heterocycles. The van der Waals surface area contributed by atoms with Gasteiger partial charge in [0.05, 0.1) is 15.6 Å². The van der Waals surface area contributed by atoms with Crippen molar-refractivity contribution in [1.82, 2.24) is 4.98 Å². The number of halogens is 1. The number of nitrogens with zero attached hydrogens (tertiary/aromatic N) is 2. The Bertz CT molecular complexity index is 745. The van der Waals surface area contributed by atoms with Crippen LogP contribution in [0.25, 0.3) is 0 Å². The van der Waals surface area contributed by atoms with Gasteiger partial charge in [-0.15, -0.1) is 11.3 Å². The van der Waals surface area contributed by atoms with Crippen molar-refractivity contribution in [2.24, 2.45) is 0 Å². The summed E-state index contributed by atoms with van der Waals surface area (Å²) in [5.41, 5.74) is -0.446. The molecule has 108 valence electrons. The van der Waals surface area contributed by atoms with Gasteiger partial charge in [-0.1, -0.05) is 11.6 Å². The van der Waals surface area contributed by atoms with Crippen LogP contribution in [0.5, 0.6) is 0 Å². The van der Waals surface area contributed by atoms with Crippen LogP contribution in [-0.4, -0.2) is 26.9 Å². The third-order valence-electron chi connectivity index (χ3n) is 2.33. The molecular formula is C11H6ClN3O5S. The van der Waals surface area contributed by atoms with Gasteiger partial charge < -0.3 is 10.4 Å². The molecule has 2 N–H and O–H groups in total. The van der Waals surface area contributed by atoms with E-state index in [0.717, 1.165) is 17.4 Å². The van der Waals surface area contributed by atoms with Crippen molar-refractivity contribution in [3.8, 4) is 0 Å². The number of nitrogens with one attached hydrogen (secondary N) is 1. The maximum absolute atomic E-state index is 11.9. The topological polar surface area (TPSA) is 122 Å². The first-order valence-corrected chi connectivity index (χ1v) is 6.58. The molecule has 0 radical (unpaired) electrons. The van der Waals surface area contributed by atoms with E-state index in [2.05, 4.69) is 10.3 Å². The van der Waals surface area contributed by atoms with Gasteiger partial charge in [0.1, 0.15) is 0 Å². The number of aromatic carboxylic acids is 1. The highest BCUT2D eigenvalue weighted by molar-refractivity contribution is 7.12. The number of carboxylic acids is 1. The normalized spacial score (nSPS) is 10.1. The third kappa shape index (κ3) is 3.33. The summed E-state index contributed by atoms with van der Waals surface area (Å²) in [6, 6.07) is 3.58. The number of nitro benzene ring substituents is 1. The number of carbonyl (C=O) groups is 2. The Balaban J connectivity index is 2.24. The second kappa shape index (κ2) is 5.85. The summed E-state index contributed by atoms with van der Waals surface area (Å²) < 4.78 is 0. The van der Waals surface area contributed by atoms with Crippen LogP contribution in [0, 0.1) is 10.1 Å². The number of hydrogen-bond acceptors (Lipinski definition) is 6. The van der Waals surface area contributed by atoms with E-state index in [9.17, 15) is 19.7 Å². The smallest absolute Gasteiger partial charge is 0.355 e. The number of aromatic nitrogens is 1. The molecule has 0 bridgehead atoms. The summed E-state index contributed by atoms with van der Waals surface area (Å²) in [5.74, 6) is -1.95. The van der Waals surface area contributed by atoms with Crippen LogP contribution < -0.4 is 5.32 Å². The highest BCUT2D eigenvalue weighted by atomic mass is 35.5. The Morgan fingerprint density at radius 3 is 2.71 bits per heavy atom. The molecule has 0 fully saturated rings. The number of anilines is 1.